The zero-order valence-corrected chi connectivity index (χ0v) is 10.6. The van der Waals surface area contributed by atoms with Crippen molar-refractivity contribution in [3.63, 3.8) is 0 Å². The number of Topliss-reactive ketones (excluding diaryl/α,β-unsaturated/α-hetero) is 1. The van der Waals surface area contributed by atoms with E-state index < -0.39 is 6.89 Å². The molecule has 0 aromatic heterocycles. The number of hydrogen-bond donors (Lipinski definition) is 0. The van der Waals surface area contributed by atoms with Crippen molar-refractivity contribution in [1.82, 2.24) is 0 Å². The first kappa shape index (κ1) is 13.0. The van der Waals surface area contributed by atoms with Crippen molar-refractivity contribution < 1.29 is 4.79 Å². The number of ketones is 1. The molecule has 78 valence electrons. The van der Waals surface area contributed by atoms with Gasteiger partial charge in [0.05, 0.1) is 0 Å². The molecule has 0 fully saturated rings. The van der Waals surface area contributed by atoms with Crippen molar-refractivity contribution in [3.8, 4) is 0 Å². The van der Waals surface area contributed by atoms with E-state index in [1.54, 1.807) is 0 Å². The largest absolute Gasteiger partial charge is 0.299 e. The Morgan fingerprint density at radius 2 is 1.62 bits per heavy atom. The predicted octanol–water partition coefficient (Wildman–Crippen LogP) is 3.09. The lowest BCUT2D eigenvalue weighted by molar-refractivity contribution is -0.123. The summed E-state index contributed by atoms with van der Waals surface area (Å²) in [5.74, 6) is 0.375. The van der Waals surface area contributed by atoms with Crippen LogP contribution in [0.3, 0.4) is 0 Å². The molecule has 1 nitrogen and oxygen atoms in total. The highest BCUT2D eigenvalue weighted by Gasteiger charge is 2.25. The summed E-state index contributed by atoms with van der Waals surface area (Å²) in [7, 11) is 0. The van der Waals surface area contributed by atoms with Gasteiger partial charge in [0.25, 0.3) is 0 Å². The normalized spacial score (nSPS) is 13.0. The van der Waals surface area contributed by atoms with Crippen LogP contribution >= 0.6 is 6.89 Å². The maximum atomic E-state index is 11.8. The highest BCUT2D eigenvalue weighted by molar-refractivity contribution is 7.74. The number of carbonyl (C=O) groups excluding carboxylic acids is 1. The standard InChI is InChI=1S/C11H23OP/c1-7-13(6,8-2)9-10(12)11(3,4)5/h6-9H2,1-5H3. The van der Waals surface area contributed by atoms with Gasteiger partial charge in [-0.05, 0) is 12.3 Å². The smallest absolute Gasteiger partial charge is 0.142 e. The maximum Gasteiger partial charge on any atom is 0.142 e. The Bertz CT molecular complexity index is 215. The molecule has 0 amide bonds. The van der Waals surface area contributed by atoms with Gasteiger partial charge in [-0.1, -0.05) is 34.6 Å². The summed E-state index contributed by atoms with van der Waals surface area (Å²) < 4.78 is 0. The number of rotatable bonds is 4. The van der Waals surface area contributed by atoms with Crippen molar-refractivity contribution in [3.05, 3.63) is 0 Å². The molecular formula is C11H23OP. The van der Waals surface area contributed by atoms with Gasteiger partial charge in [-0.3, -0.25) is 4.79 Å². The van der Waals surface area contributed by atoms with Crippen LogP contribution in [0, 0.1) is 5.41 Å². The summed E-state index contributed by atoms with van der Waals surface area (Å²) in [5.41, 5.74) is -0.187. The fourth-order valence-electron chi connectivity index (χ4n) is 0.989. The average Bonchev–Trinajstić information content (AvgIpc) is 2.02. The Balaban J connectivity index is 4.45. The molecule has 0 N–H and O–H groups in total. The van der Waals surface area contributed by atoms with Crippen molar-refractivity contribution >= 4 is 19.0 Å². The first-order valence-electron chi connectivity index (χ1n) is 4.99. The molecule has 0 aliphatic carbocycles. The Morgan fingerprint density at radius 3 is 1.85 bits per heavy atom. The Morgan fingerprint density at radius 1 is 1.23 bits per heavy atom. The van der Waals surface area contributed by atoms with E-state index in [9.17, 15) is 4.79 Å². The predicted molar refractivity (Wildman–Crippen MR) is 64.5 cm³/mol. The molecule has 0 aliphatic rings. The van der Waals surface area contributed by atoms with E-state index in [0.29, 0.717) is 5.78 Å². The van der Waals surface area contributed by atoms with Crippen molar-refractivity contribution in [2.45, 2.75) is 34.6 Å². The van der Waals surface area contributed by atoms with Crippen LogP contribution in [0.25, 0.3) is 0 Å². The molecular weight excluding hydrogens is 179 g/mol. The molecule has 0 atom stereocenters. The lowest BCUT2D eigenvalue weighted by atomic mass is 9.92. The van der Waals surface area contributed by atoms with Crippen LogP contribution in [0.15, 0.2) is 0 Å². The van der Waals surface area contributed by atoms with Crippen LogP contribution < -0.4 is 0 Å². The minimum absolute atomic E-state index is 0.187. The van der Waals surface area contributed by atoms with E-state index >= 15 is 0 Å². The second-order valence-electron chi connectivity index (χ2n) is 4.81. The van der Waals surface area contributed by atoms with Crippen LogP contribution in [-0.2, 0) is 4.79 Å². The number of carbonyl (C=O) groups is 1. The van der Waals surface area contributed by atoms with Gasteiger partial charge in [0.2, 0.25) is 0 Å². The summed E-state index contributed by atoms with van der Waals surface area (Å²) in [4.78, 5) is 11.8. The average molecular weight is 202 g/mol. The van der Waals surface area contributed by atoms with Crippen LogP contribution in [0.4, 0.5) is 0 Å². The monoisotopic (exact) mass is 202 g/mol. The highest BCUT2D eigenvalue weighted by Crippen LogP contribution is 2.45. The summed E-state index contributed by atoms with van der Waals surface area (Å²) in [6.07, 6.45) is 7.15. The van der Waals surface area contributed by atoms with Crippen molar-refractivity contribution in [2.75, 3.05) is 18.5 Å². The first-order chi connectivity index (χ1) is 5.75. The lowest BCUT2D eigenvalue weighted by Crippen LogP contribution is -2.24. The Labute approximate surface area is 82.9 Å². The molecule has 0 rings (SSSR count). The molecule has 0 aromatic rings. The summed E-state index contributed by atoms with van der Waals surface area (Å²) in [5, 5.41) is 0. The van der Waals surface area contributed by atoms with Crippen LogP contribution in [0.2, 0.25) is 0 Å². The lowest BCUT2D eigenvalue weighted by Gasteiger charge is -2.25. The fourth-order valence-corrected chi connectivity index (χ4v) is 2.97. The summed E-state index contributed by atoms with van der Waals surface area (Å²) >= 11 is 0. The second kappa shape index (κ2) is 4.46. The van der Waals surface area contributed by atoms with Gasteiger partial charge < -0.3 is 0 Å². The number of hydrogen-bond acceptors (Lipinski definition) is 1. The maximum absolute atomic E-state index is 11.8. The highest BCUT2D eigenvalue weighted by atomic mass is 31.2. The van der Waals surface area contributed by atoms with E-state index in [-0.39, 0.29) is 5.41 Å². The molecule has 0 radical (unpaired) electrons. The van der Waals surface area contributed by atoms with Crippen molar-refractivity contribution in [2.24, 2.45) is 5.41 Å². The molecule has 0 unspecified atom stereocenters. The Kier molecular flexibility index (Phi) is 4.45. The third-order valence-corrected chi connectivity index (χ3v) is 6.30. The zero-order chi connectivity index (χ0) is 10.7. The molecule has 0 aliphatic heterocycles. The SMILES string of the molecule is C=P(CC)(CC)CC(=O)C(C)(C)C. The van der Waals surface area contributed by atoms with Gasteiger partial charge >= 0.3 is 0 Å². The molecule has 2 heteroatoms. The molecule has 0 spiro atoms. The summed E-state index contributed by atoms with van der Waals surface area (Å²) in [6, 6.07) is 0. The zero-order valence-electron chi connectivity index (χ0n) is 9.68. The van der Waals surface area contributed by atoms with Gasteiger partial charge in [-0.2, -0.15) is 0 Å². The molecule has 13 heavy (non-hydrogen) atoms. The molecule has 0 saturated heterocycles. The van der Waals surface area contributed by atoms with E-state index in [2.05, 4.69) is 20.1 Å². The van der Waals surface area contributed by atoms with E-state index in [0.717, 1.165) is 18.5 Å². The third kappa shape index (κ3) is 4.13. The van der Waals surface area contributed by atoms with Gasteiger partial charge in [-0.25, -0.2) is 0 Å². The van der Waals surface area contributed by atoms with Crippen LogP contribution in [0.1, 0.15) is 34.6 Å². The molecule has 0 heterocycles. The topological polar surface area (TPSA) is 17.1 Å². The van der Waals surface area contributed by atoms with E-state index in [1.807, 2.05) is 20.8 Å². The van der Waals surface area contributed by atoms with E-state index in [4.69, 9.17) is 0 Å². The van der Waals surface area contributed by atoms with E-state index in [1.165, 1.54) is 0 Å². The summed E-state index contributed by atoms with van der Waals surface area (Å²) in [6.45, 7) is 9.10. The molecule has 0 bridgehead atoms. The molecule has 0 aromatic carbocycles. The minimum atomic E-state index is -1.18. The van der Waals surface area contributed by atoms with Crippen molar-refractivity contribution in [1.29, 1.82) is 0 Å². The van der Waals surface area contributed by atoms with Gasteiger partial charge in [0.1, 0.15) is 5.78 Å². The fraction of sp³-hybridized carbons (Fsp3) is 0.818. The third-order valence-electron chi connectivity index (χ3n) is 2.66. The minimum Gasteiger partial charge on any atom is -0.299 e. The van der Waals surface area contributed by atoms with Gasteiger partial charge in [0.15, 0.2) is 0 Å². The quantitative estimate of drug-likeness (QED) is 0.640. The van der Waals surface area contributed by atoms with Gasteiger partial charge in [-0.15, -0.1) is 13.2 Å². The first-order valence-corrected chi connectivity index (χ1v) is 7.52. The van der Waals surface area contributed by atoms with Crippen LogP contribution in [0.5, 0.6) is 0 Å². The second-order valence-corrected chi connectivity index (χ2v) is 9.07. The molecule has 0 saturated carbocycles. The Hall–Kier alpha value is -0.0300. The van der Waals surface area contributed by atoms with Gasteiger partial charge in [0, 0.05) is 11.6 Å². The van der Waals surface area contributed by atoms with Crippen LogP contribution in [-0.4, -0.2) is 30.6 Å².